The van der Waals surface area contributed by atoms with Gasteiger partial charge in [-0.2, -0.15) is 0 Å². The number of esters is 1. The lowest BCUT2D eigenvalue weighted by Crippen LogP contribution is -2.32. The summed E-state index contributed by atoms with van der Waals surface area (Å²) >= 11 is 6.08. The molecule has 0 radical (unpaired) electrons. The smallest absolute Gasteiger partial charge is 0.302 e. The third kappa shape index (κ3) is 2.45. The van der Waals surface area contributed by atoms with Crippen LogP contribution in [0.4, 0.5) is 0 Å². The minimum absolute atomic E-state index is 0.128. The van der Waals surface area contributed by atoms with E-state index in [4.69, 9.17) is 25.8 Å². The topological polar surface area (TPSA) is 88.4 Å². The number of carbonyl (C=O) groups excluding carboxylic acids is 1. The lowest BCUT2D eigenvalue weighted by Gasteiger charge is -2.24. The second-order valence-corrected chi connectivity index (χ2v) is 6.86. The molecule has 2 fully saturated rings. The zero-order valence-electron chi connectivity index (χ0n) is 13.5. The average Bonchev–Trinajstić information content (AvgIpc) is 3.12. The van der Waals surface area contributed by atoms with E-state index in [2.05, 4.69) is 15.0 Å². The first kappa shape index (κ1) is 15.7. The zero-order valence-corrected chi connectivity index (χ0v) is 14.2. The van der Waals surface area contributed by atoms with Gasteiger partial charge < -0.3 is 18.8 Å². The molecular formula is C15H17ClN4O4. The maximum absolute atomic E-state index is 11.4. The molecule has 9 heteroatoms. The summed E-state index contributed by atoms with van der Waals surface area (Å²) in [6, 6.07) is -0.128. The molecule has 0 N–H and O–H groups in total. The predicted molar refractivity (Wildman–Crippen MR) is 83.4 cm³/mol. The van der Waals surface area contributed by atoms with Crippen LogP contribution in [0.25, 0.3) is 11.2 Å². The van der Waals surface area contributed by atoms with E-state index in [9.17, 15) is 4.79 Å². The van der Waals surface area contributed by atoms with Crippen LogP contribution in [0.15, 0.2) is 12.7 Å². The highest BCUT2D eigenvalue weighted by Gasteiger charge is 2.56. The third-order valence-electron chi connectivity index (χ3n) is 4.37. The van der Waals surface area contributed by atoms with Crippen LogP contribution in [0.1, 0.15) is 33.2 Å². The van der Waals surface area contributed by atoms with Crippen LogP contribution in [0.2, 0.25) is 5.15 Å². The first-order chi connectivity index (χ1) is 11.4. The minimum atomic E-state index is -0.741. The van der Waals surface area contributed by atoms with Crippen molar-refractivity contribution in [2.45, 2.75) is 57.3 Å². The van der Waals surface area contributed by atoms with E-state index in [1.807, 2.05) is 18.4 Å². The molecule has 2 aromatic heterocycles. The van der Waals surface area contributed by atoms with E-state index in [0.717, 1.165) is 0 Å². The van der Waals surface area contributed by atoms with E-state index in [1.165, 1.54) is 13.3 Å². The van der Waals surface area contributed by atoms with Crippen LogP contribution in [-0.4, -0.2) is 49.6 Å². The number of carbonyl (C=O) groups is 1. The molecule has 128 valence electrons. The van der Waals surface area contributed by atoms with Gasteiger partial charge in [-0.1, -0.05) is 11.6 Å². The number of hydrogen-bond donors (Lipinski definition) is 0. The summed E-state index contributed by atoms with van der Waals surface area (Å²) in [5.74, 6) is -1.08. The van der Waals surface area contributed by atoms with Crippen molar-refractivity contribution in [1.82, 2.24) is 19.5 Å². The van der Waals surface area contributed by atoms with Gasteiger partial charge in [0.05, 0.1) is 12.4 Å². The Morgan fingerprint density at radius 3 is 2.83 bits per heavy atom. The molecule has 0 aromatic carbocycles. The summed E-state index contributed by atoms with van der Waals surface area (Å²) in [5.41, 5.74) is 1.15. The Hall–Kier alpha value is -1.77. The zero-order chi connectivity index (χ0) is 17.1. The monoisotopic (exact) mass is 352 g/mol. The summed E-state index contributed by atoms with van der Waals surface area (Å²) in [5, 5.41) is 0.300. The number of rotatable bonds is 2. The van der Waals surface area contributed by atoms with Gasteiger partial charge in [0, 0.05) is 13.3 Å². The predicted octanol–water partition coefficient (Wildman–Crippen LogP) is 1.88. The van der Waals surface area contributed by atoms with E-state index in [1.54, 1.807) is 6.33 Å². The van der Waals surface area contributed by atoms with Crippen LogP contribution in [0.3, 0.4) is 0 Å². The van der Waals surface area contributed by atoms with Crippen LogP contribution < -0.4 is 0 Å². The summed E-state index contributed by atoms with van der Waals surface area (Å²) < 4.78 is 19.4. The summed E-state index contributed by atoms with van der Waals surface area (Å²) in [6.45, 7) is 5.08. The maximum atomic E-state index is 11.4. The van der Waals surface area contributed by atoms with Gasteiger partial charge in [-0.05, 0) is 13.8 Å². The molecule has 2 aromatic rings. The van der Waals surface area contributed by atoms with Gasteiger partial charge in [-0.15, -0.1) is 0 Å². The Bertz CT molecular complexity index is 808. The van der Waals surface area contributed by atoms with Gasteiger partial charge in [0.1, 0.15) is 30.2 Å². The fraction of sp³-hybridized carbons (Fsp3) is 0.600. The number of halogens is 1. The Labute approximate surface area is 143 Å². The molecule has 1 saturated carbocycles. The Morgan fingerprint density at radius 1 is 1.33 bits per heavy atom. The molecular weight excluding hydrogens is 336 g/mol. The highest BCUT2D eigenvalue weighted by molar-refractivity contribution is 6.33. The van der Waals surface area contributed by atoms with Gasteiger partial charge in [0.2, 0.25) is 0 Å². The van der Waals surface area contributed by atoms with Crippen molar-refractivity contribution < 1.29 is 19.0 Å². The fourth-order valence-corrected chi connectivity index (χ4v) is 3.75. The minimum Gasteiger partial charge on any atom is -0.460 e. The second-order valence-electron chi connectivity index (χ2n) is 6.50. The molecule has 2 aliphatic rings. The number of nitrogens with zero attached hydrogens (tertiary/aromatic N) is 4. The number of fused-ring (bicyclic) bond motifs is 2. The van der Waals surface area contributed by atoms with Gasteiger partial charge in [0.15, 0.2) is 16.6 Å². The molecule has 1 saturated heterocycles. The normalized spacial score (nSPS) is 31.3. The number of aromatic nitrogens is 4. The van der Waals surface area contributed by atoms with Crippen LogP contribution in [0.5, 0.6) is 0 Å². The lowest BCUT2D eigenvalue weighted by molar-refractivity contribution is -0.176. The summed E-state index contributed by atoms with van der Waals surface area (Å²) in [4.78, 5) is 24.0. The van der Waals surface area contributed by atoms with Crippen molar-refractivity contribution >= 4 is 28.7 Å². The van der Waals surface area contributed by atoms with Crippen molar-refractivity contribution in [2.75, 3.05) is 0 Å². The van der Waals surface area contributed by atoms with Gasteiger partial charge >= 0.3 is 5.97 Å². The summed E-state index contributed by atoms with van der Waals surface area (Å²) in [7, 11) is 0. The average molecular weight is 353 g/mol. The molecule has 0 bridgehead atoms. The number of ether oxygens (including phenoxy) is 3. The SMILES string of the molecule is CC(=O)OC1CC(n2cnc3c(Cl)ncnc32)C2OC(C)(C)OC12. The van der Waals surface area contributed by atoms with Crippen LogP contribution in [0, 0.1) is 0 Å². The molecule has 1 aliphatic carbocycles. The quantitative estimate of drug-likeness (QED) is 0.602. The molecule has 1 aliphatic heterocycles. The molecule has 4 rings (SSSR count). The van der Waals surface area contributed by atoms with Crippen LogP contribution >= 0.6 is 11.6 Å². The van der Waals surface area contributed by atoms with Gasteiger partial charge in [-0.3, -0.25) is 4.79 Å². The van der Waals surface area contributed by atoms with Crippen molar-refractivity contribution in [3.05, 3.63) is 17.8 Å². The van der Waals surface area contributed by atoms with Crippen LogP contribution in [-0.2, 0) is 19.0 Å². The maximum Gasteiger partial charge on any atom is 0.302 e. The van der Waals surface area contributed by atoms with Gasteiger partial charge in [0.25, 0.3) is 0 Å². The first-order valence-corrected chi connectivity index (χ1v) is 8.09. The number of imidazole rings is 1. The van der Waals surface area contributed by atoms with E-state index >= 15 is 0 Å². The Balaban J connectivity index is 1.74. The van der Waals surface area contributed by atoms with Crippen molar-refractivity contribution in [3.63, 3.8) is 0 Å². The Morgan fingerprint density at radius 2 is 2.08 bits per heavy atom. The molecule has 0 spiro atoms. The van der Waals surface area contributed by atoms with E-state index < -0.39 is 5.79 Å². The van der Waals surface area contributed by atoms with E-state index in [-0.39, 0.29) is 30.3 Å². The second kappa shape index (κ2) is 5.37. The van der Waals surface area contributed by atoms with Gasteiger partial charge in [-0.25, -0.2) is 15.0 Å². The number of hydrogen-bond acceptors (Lipinski definition) is 7. The molecule has 24 heavy (non-hydrogen) atoms. The standard InChI is InChI=1S/C15H17ClN4O4/c1-7(21)22-9-4-8(11-12(9)24-15(2,3)23-11)20-6-19-10-13(16)17-5-18-14(10)20/h5-6,8-9,11-12H,4H2,1-3H3. The largest absolute Gasteiger partial charge is 0.460 e. The molecule has 0 amide bonds. The molecule has 8 nitrogen and oxygen atoms in total. The highest BCUT2D eigenvalue weighted by Crippen LogP contribution is 2.45. The van der Waals surface area contributed by atoms with Crippen molar-refractivity contribution in [3.8, 4) is 0 Å². The fourth-order valence-electron chi connectivity index (χ4n) is 3.57. The summed E-state index contributed by atoms with van der Waals surface area (Å²) in [6.07, 6.45) is 2.64. The third-order valence-corrected chi connectivity index (χ3v) is 4.65. The Kier molecular flexibility index (Phi) is 3.52. The molecule has 3 heterocycles. The molecule has 4 unspecified atom stereocenters. The van der Waals surface area contributed by atoms with Crippen molar-refractivity contribution in [1.29, 1.82) is 0 Å². The lowest BCUT2D eigenvalue weighted by atomic mass is 10.2. The molecule has 4 atom stereocenters. The first-order valence-electron chi connectivity index (χ1n) is 7.71. The van der Waals surface area contributed by atoms with Crippen molar-refractivity contribution in [2.24, 2.45) is 0 Å². The highest BCUT2D eigenvalue weighted by atomic mass is 35.5. The van der Waals surface area contributed by atoms with E-state index in [0.29, 0.717) is 22.7 Å².